The van der Waals surface area contributed by atoms with Crippen molar-refractivity contribution in [1.82, 2.24) is 10.2 Å². The van der Waals surface area contributed by atoms with E-state index in [4.69, 9.17) is 4.74 Å². The molecule has 4 rings (SSSR count). The van der Waals surface area contributed by atoms with Gasteiger partial charge in [-0.25, -0.2) is 4.79 Å². The predicted octanol–water partition coefficient (Wildman–Crippen LogP) is 1.61. The lowest BCUT2D eigenvalue weighted by Crippen LogP contribution is -2.54. The van der Waals surface area contributed by atoms with Crippen LogP contribution in [0.4, 0.5) is 16.2 Å². The lowest BCUT2D eigenvalue weighted by atomic mass is 10.1. The van der Waals surface area contributed by atoms with Gasteiger partial charge in [0.15, 0.2) is 0 Å². The van der Waals surface area contributed by atoms with Gasteiger partial charge in [-0.1, -0.05) is 42.5 Å². The number of nitrogens with zero attached hydrogens (tertiary/aromatic N) is 3. The van der Waals surface area contributed by atoms with Crippen LogP contribution in [0.25, 0.3) is 0 Å². The summed E-state index contributed by atoms with van der Waals surface area (Å²) < 4.78 is 5.29. The average Bonchev–Trinajstić information content (AvgIpc) is 2.80. The number of morpholine rings is 1. The Kier molecular flexibility index (Phi) is 5.94. The number of amides is 4. The zero-order chi connectivity index (χ0) is 20.9. The summed E-state index contributed by atoms with van der Waals surface area (Å²) in [6, 6.07) is 16.4. The number of carbonyl (C=O) groups is 3. The largest absolute Gasteiger partial charge is 0.378 e. The van der Waals surface area contributed by atoms with Gasteiger partial charge in [0, 0.05) is 19.6 Å². The molecular formula is C22H24N4O4. The molecule has 2 aliphatic rings. The molecule has 1 saturated heterocycles. The van der Waals surface area contributed by atoms with E-state index in [1.165, 1.54) is 9.80 Å². The normalized spacial score (nSPS) is 16.3. The summed E-state index contributed by atoms with van der Waals surface area (Å²) in [6.07, 6.45) is 0. The third kappa shape index (κ3) is 4.28. The highest BCUT2D eigenvalue weighted by molar-refractivity contribution is 6.12. The Bertz CT molecular complexity index is 928. The molecule has 0 radical (unpaired) electrons. The minimum absolute atomic E-state index is 0.0463. The minimum Gasteiger partial charge on any atom is -0.378 e. The van der Waals surface area contributed by atoms with Crippen LogP contribution in [0.15, 0.2) is 54.6 Å². The Morgan fingerprint density at radius 1 is 0.933 bits per heavy atom. The molecule has 2 aliphatic heterocycles. The van der Waals surface area contributed by atoms with Gasteiger partial charge < -0.3 is 15.0 Å². The summed E-state index contributed by atoms with van der Waals surface area (Å²) in [7, 11) is 0. The van der Waals surface area contributed by atoms with Gasteiger partial charge in [0.05, 0.1) is 24.6 Å². The molecule has 8 heteroatoms. The van der Waals surface area contributed by atoms with Gasteiger partial charge >= 0.3 is 6.03 Å². The molecule has 156 valence electrons. The van der Waals surface area contributed by atoms with Gasteiger partial charge in [-0.15, -0.1) is 0 Å². The maximum atomic E-state index is 12.9. The average molecular weight is 408 g/mol. The predicted molar refractivity (Wildman–Crippen MR) is 112 cm³/mol. The smallest absolute Gasteiger partial charge is 0.322 e. The van der Waals surface area contributed by atoms with Crippen molar-refractivity contribution in [2.45, 2.75) is 6.54 Å². The van der Waals surface area contributed by atoms with Crippen LogP contribution in [0.5, 0.6) is 0 Å². The van der Waals surface area contributed by atoms with Crippen LogP contribution in [0, 0.1) is 0 Å². The molecule has 8 nitrogen and oxygen atoms in total. The third-order valence-electron chi connectivity index (χ3n) is 5.25. The standard InChI is InChI=1S/C22H24N4O4/c27-20(24-10-12-30-13-11-24)15-25-18-8-4-5-9-19(18)26(16-21(25)28)22(29)23-14-17-6-2-1-3-7-17/h1-9H,10-16H2,(H,23,29). The Labute approximate surface area is 175 Å². The summed E-state index contributed by atoms with van der Waals surface area (Å²) in [4.78, 5) is 43.0. The topological polar surface area (TPSA) is 82.2 Å². The fraction of sp³-hybridized carbons (Fsp3) is 0.318. The van der Waals surface area contributed by atoms with E-state index >= 15 is 0 Å². The van der Waals surface area contributed by atoms with Gasteiger partial charge in [0.25, 0.3) is 0 Å². The lowest BCUT2D eigenvalue weighted by molar-refractivity contribution is -0.135. The van der Waals surface area contributed by atoms with Crippen molar-refractivity contribution in [3.05, 3.63) is 60.2 Å². The highest BCUT2D eigenvalue weighted by Gasteiger charge is 2.34. The number of carbonyl (C=O) groups excluding carboxylic acids is 3. The summed E-state index contributed by atoms with van der Waals surface area (Å²) in [5.74, 6) is -0.409. The van der Waals surface area contributed by atoms with Crippen molar-refractivity contribution in [3.63, 3.8) is 0 Å². The number of para-hydroxylation sites is 2. The first-order valence-corrected chi connectivity index (χ1v) is 9.97. The Morgan fingerprint density at radius 2 is 1.60 bits per heavy atom. The van der Waals surface area contributed by atoms with E-state index in [0.29, 0.717) is 44.2 Å². The van der Waals surface area contributed by atoms with Crippen molar-refractivity contribution < 1.29 is 19.1 Å². The molecule has 2 aromatic rings. The minimum atomic E-state index is -0.348. The van der Waals surface area contributed by atoms with Crippen LogP contribution < -0.4 is 15.1 Å². The highest BCUT2D eigenvalue weighted by Crippen LogP contribution is 2.33. The fourth-order valence-corrected chi connectivity index (χ4v) is 3.63. The number of urea groups is 1. The molecule has 0 unspecified atom stereocenters. The van der Waals surface area contributed by atoms with E-state index in [1.54, 1.807) is 23.1 Å². The van der Waals surface area contributed by atoms with Crippen molar-refractivity contribution >= 4 is 29.2 Å². The summed E-state index contributed by atoms with van der Waals surface area (Å²) in [5.41, 5.74) is 2.14. The Hall–Kier alpha value is -3.39. The molecule has 0 spiro atoms. The van der Waals surface area contributed by atoms with E-state index in [-0.39, 0.29) is 30.9 Å². The maximum absolute atomic E-state index is 12.9. The first-order chi connectivity index (χ1) is 14.6. The summed E-state index contributed by atoms with van der Waals surface area (Å²) in [5, 5.41) is 2.86. The number of fused-ring (bicyclic) bond motifs is 1. The van der Waals surface area contributed by atoms with Crippen molar-refractivity contribution in [2.24, 2.45) is 0 Å². The Balaban J connectivity index is 1.49. The van der Waals surface area contributed by atoms with E-state index in [9.17, 15) is 14.4 Å². The fourth-order valence-electron chi connectivity index (χ4n) is 3.63. The zero-order valence-electron chi connectivity index (χ0n) is 16.6. The monoisotopic (exact) mass is 408 g/mol. The number of ether oxygens (including phenoxy) is 1. The number of hydrogen-bond donors (Lipinski definition) is 1. The van der Waals surface area contributed by atoms with Crippen molar-refractivity contribution in [3.8, 4) is 0 Å². The van der Waals surface area contributed by atoms with Crippen molar-refractivity contribution in [1.29, 1.82) is 0 Å². The molecule has 1 N–H and O–H groups in total. The summed E-state index contributed by atoms with van der Waals surface area (Å²) in [6.45, 7) is 2.26. The molecule has 4 amide bonds. The van der Waals surface area contributed by atoms with Crippen LogP contribution in [-0.4, -0.2) is 62.1 Å². The van der Waals surface area contributed by atoms with Gasteiger partial charge in [0.2, 0.25) is 11.8 Å². The van der Waals surface area contributed by atoms with Gasteiger partial charge in [-0.05, 0) is 17.7 Å². The lowest BCUT2D eigenvalue weighted by Gasteiger charge is -2.37. The van der Waals surface area contributed by atoms with Crippen LogP contribution in [-0.2, 0) is 20.9 Å². The molecule has 0 aromatic heterocycles. The van der Waals surface area contributed by atoms with Crippen LogP contribution in [0.2, 0.25) is 0 Å². The molecule has 2 heterocycles. The Morgan fingerprint density at radius 3 is 2.33 bits per heavy atom. The van der Waals surface area contributed by atoms with E-state index in [2.05, 4.69) is 5.32 Å². The number of rotatable bonds is 4. The van der Waals surface area contributed by atoms with E-state index in [0.717, 1.165) is 5.56 Å². The first-order valence-electron chi connectivity index (χ1n) is 9.97. The molecule has 0 bridgehead atoms. The molecule has 2 aromatic carbocycles. The number of benzene rings is 2. The molecule has 0 saturated carbocycles. The van der Waals surface area contributed by atoms with E-state index < -0.39 is 0 Å². The third-order valence-corrected chi connectivity index (χ3v) is 5.25. The molecular weight excluding hydrogens is 384 g/mol. The second kappa shape index (κ2) is 8.96. The van der Waals surface area contributed by atoms with Gasteiger partial charge in [-0.3, -0.25) is 19.4 Å². The number of anilines is 2. The maximum Gasteiger partial charge on any atom is 0.322 e. The van der Waals surface area contributed by atoms with Crippen LogP contribution >= 0.6 is 0 Å². The number of nitrogens with one attached hydrogen (secondary N) is 1. The molecule has 0 aliphatic carbocycles. The number of hydrogen-bond acceptors (Lipinski definition) is 4. The van der Waals surface area contributed by atoms with E-state index in [1.807, 2.05) is 36.4 Å². The second-order valence-corrected chi connectivity index (χ2v) is 7.19. The summed E-state index contributed by atoms with van der Waals surface area (Å²) >= 11 is 0. The van der Waals surface area contributed by atoms with Crippen LogP contribution in [0.1, 0.15) is 5.56 Å². The van der Waals surface area contributed by atoms with Crippen LogP contribution in [0.3, 0.4) is 0 Å². The van der Waals surface area contributed by atoms with Gasteiger partial charge in [0.1, 0.15) is 13.1 Å². The second-order valence-electron chi connectivity index (χ2n) is 7.19. The van der Waals surface area contributed by atoms with Crippen molar-refractivity contribution in [2.75, 3.05) is 49.2 Å². The SMILES string of the molecule is O=C(CN1C(=O)CN(C(=O)NCc2ccccc2)c2ccccc21)N1CCOCC1. The van der Waals surface area contributed by atoms with Gasteiger partial charge in [-0.2, -0.15) is 0 Å². The molecule has 0 atom stereocenters. The zero-order valence-corrected chi connectivity index (χ0v) is 16.6. The molecule has 1 fully saturated rings. The highest BCUT2D eigenvalue weighted by atomic mass is 16.5. The molecule has 30 heavy (non-hydrogen) atoms. The quantitative estimate of drug-likeness (QED) is 0.833. The first kappa shape index (κ1) is 19.9.